The summed E-state index contributed by atoms with van der Waals surface area (Å²) in [6.07, 6.45) is 3.50. The molecule has 1 unspecified atom stereocenters. The van der Waals surface area contributed by atoms with E-state index in [1.165, 1.54) is 14.2 Å². The van der Waals surface area contributed by atoms with Crippen molar-refractivity contribution in [2.24, 2.45) is 0 Å². The van der Waals surface area contributed by atoms with Gasteiger partial charge < -0.3 is 9.05 Å². The summed E-state index contributed by atoms with van der Waals surface area (Å²) in [5.74, 6) is 0.168. The molecule has 1 aliphatic carbocycles. The molecule has 0 saturated heterocycles. The van der Waals surface area contributed by atoms with Gasteiger partial charge in [0, 0.05) is 27.1 Å². The Labute approximate surface area is 84.5 Å². The van der Waals surface area contributed by atoms with Gasteiger partial charge in [-0.2, -0.15) is 0 Å². The van der Waals surface area contributed by atoms with Gasteiger partial charge in [0.2, 0.25) is 0 Å². The molecule has 1 saturated carbocycles. The molecule has 0 aromatic heterocycles. The number of hydrogen-bond acceptors (Lipinski definition) is 4. The average molecular weight is 220 g/mol. The van der Waals surface area contributed by atoms with Crippen LogP contribution < -0.4 is 0 Å². The lowest BCUT2D eigenvalue weighted by molar-refractivity contribution is -0.118. The number of carbonyl (C=O) groups is 1. The highest BCUT2D eigenvalue weighted by Gasteiger charge is 2.36. The van der Waals surface area contributed by atoms with Crippen LogP contribution in [0.5, 0.6) is 0 Å². The Kier molecular flexibility index (Phi) is 4.30. The second-order valence-electron chi connectivity index (χ2n) is 3.55. The van der Waals surface area contributed by atoms with Crippen molar-refractivity contribution < 1.29 is 18.4 Å². The van der Waals surface area contributed by atoms with Crippen molar-refractivity contribution >= 4 is 13.4 Å². The van der Waals surface area contributed by atoms with Crippen molar-refractivity contribution in [3.8, 4) is 0 Å². The van der Waals surface area contributed by atoms with Crippen LogP contribution in [0.25, 0.3) is 0 Å². The molecular weight excluding hydrogens is 203 g/mol. The molecule has 0 aliphatic heterocycles. The minimum atomic E-state index is -3.04. The van der Waals surface area contributed by atoms with Crippen LogP contribution in [0.1, 0.15) is 32.1 Å². The summed E-state index contributed by atoms with van der Waals surface area (Å²) in [4.78, 5) is 11.3. The highest BCUT2D eigenvalue weighted by molar-refractivity contribution is 7.54. The molecule has 1 aliphatic rings. The van der Waals surface area contributed by atoms with Crippen molar-refractivity contribution in [1.82, 2.24) is 0 Å². The molecular formula is C9H17O4P. The van der Waals surface area contributed by atoms with Crippen molar-refractivity contribution in [2.75, 3.05) is 14.2 Å². The molecule has 0 heterocycles. The van der Waals surface area contributed by atoms with Crippen LogP contribution in [0.2, 0.25) is 0 Å². The molecule has 0 radical (unpaired) electrons. The van der Waals surface area contributed by atoms with E-state index in [2.05, 4.69) is 0 Å². The third kappa shape index (κ3) is 2.66. The van der Waals surface area contributed by atoms with Gasteiger partial charge in [-0.05, 0) is 12.8 Å². The van der Waals surface area contributed by atoms with Crippen molar-refractivity contribution in [1.29, 1.82) is 0 Å². The molecule has 1 fully saturated rings. The fourth-order valence-electron chi connectivity index (χ4n) is 1.81. The first-order valence-corrected chi connectivity index (χ1v) is 6.46. The van der Waals surface area contributed by atoms with Gasteiger partial charge in [-0.15, -0.1) is 0 Å². The van der Waals surface area contributed by atoms with Crippen LogP contribution in [-0.4, -0.2) is 25.7 Å². The van der Waals surface area contributed by atoms with Crippen LogP contribution in [0.4, 0.5) is 0 Å². The second-order valence-corrected chi connectivity index (χ2v) is 6.09. The summed E-state index contributed by atoms with van der Waals surface area (Å²) in [7, 11) is -0.293. The maximum absolute atomic E-state index is 12.0. The number of Topliss-reactive ketones (excluding diaryl/α,β-unsaturated/α-hetero) is 1. The van der Waals surface area contributed by atoms with E-state index < -0.39 is 7.60 Å². The van der Waals surface area contributed by atoms with E-state index in [9.17, 15) is 9.36 Å². The lowest BCUT2D eigenvalue weighted by atomic mass is 10.2. The first kappa shape index (κ1) is 11.9. The number of carbonyl (C=O) groups excluding carboxylic acids is 1. The summed E-state index contributed by atoms with van der Waals surface area (Å²) >= 11 is 0. The van der Waals surface area contributed by atoms with Crippen LogP contribution in [0, 0.1) is 0 Å². The fourth-order valence-corrected chi connectivity index (χ4v) is 3.48. The monoisotopic (exact) mass is 220 g/mol. The van der Waals surface area contributed by atoms with E-state index in [0.717, 1.165) is 19.3 Å². The summed E-state index contributed by atoms with van der Waals surface area (Å²) in [6.45, 7) is 0. The summed E-state index contributed by atoms with van der Waals surface area (Å²) in [5, 5.41) is 0. The Hall–Kier alpha value is -0.180. The Morgan fingerprint density at radius 1 is 1.29 bits per heavy atom. The van der Waals surface area contributed by atoms with Gasteiger partial charge in [0.1, 0.15) is 5.78 Å². The predicted octanol–water partition coefficient (Wildman–Crippen LogP) is 2.37. The smallest absolute Gasteiger partial charge is 0.312 e. The topological polar surface area (TPSA) is 52.6 Å². The number of ketones is 1. The standard InChI is InChI=1S/C9H17O4P/c1-12-14(11,13-2)9-6-4-3-5-8(10)7-9/h9H,3-7H2,1-2H3. The number of hydrogen-bond donors (Lipinski definition) is 0. The van der Waals surface area contributed by atoms with E-state index in [-0.39, 0.29) is 11.4 Å². The van der Waals surface area contributed by atoms with E-state index in [1.807, 2.05) is 0 Å². The van der Waals surface area contributed by atoms with Gasteiger partial charge in [0.25, 0.3) is 0 Å². The molecule has 0 aromatic rings. The highest BCUT2D eigenvalue weighted by Crippen LogP contribution is 2.55. The second kappa shape index (κ2) is 5.06. The van der Waals surface area contributed by atoms with E-state index >= 15 is 0 Å². The molecule has 4 nitrogen and oxygen atoms in total. The largest absolute Gasteiger partial charge is 0.333 e. The van der Waals surface area contributed by atoms with Crippen molar-refractivity contribution in [3.05, 3.63) is 0 Å². The Morgan fingerprint density at radius 2 is 1.93 bits per heavy atom. The lowest BCUT2D eigenvalue weighted by Gasteiger charge is -2.22. The van der Waals surface area contributed by atoms with E-state index in [1.54, 1.807) is 0 Å². The average Bonchev–Trinajstić information content (AvgIpc) is 2.42. The maximum atomic E-state index is 12.0. The third-order valence-corrected chi connectivity index (χ3v) is 5.02. The molecule has 0 N–H and O–H groups in total. The van der Waals surface area contributed by atoms with Gasteiger partial charge in [0.15, 0.2) is 0 Å². The zero-order chi connectivity index (χ0) is 10.6. The highest BCUT2D eigenvalue weighted by atomic mass is 31.2. The summed E-state index contributed by atoms with van der Waals surface area (Å²) in [5.41, 5.74) is -0.243. The first-order valence-electron chi connectivity index (χ1n) is 4.85. The predicted molar refractivity (Wildman–Crippen MR) is 53.5 cm³/mol. The van der Waals surface area contributed by atoms with Crippen LogP contribution in [0.15, 0.2) is 0 Å². The van der Waals surface area contributed by atoms with Crippen LogP contribution >= 0.6 is 7.60 Å². The van der Waals surface area contributed by atoms with Crippen LogP contribution in [-0.2, 0) is 18.4 Å². The zero-order valence-corrected chi connectivity index (χ0v) is 9.59. The van der Waals surface area contributed by atoms with Gasteiger partial charge in [-0.3, -0.25) is 9.36 Å². The van der Waals surface area contributed by atoms with Crippen molar-refractivity contribution in [2.45, 2.75) is 37.8 Å². The van der Waals surface area contributed by atoms with Crippen LogP contribution in [0.3, 0.4) is 0 Å². The van der Waals surface area contributed by atoms with Gasteiger partial charge in [0.05, 0.1) is 5.66 Å². The minimum absolute atomic E-state index is 0.168. The quantitative estimate of drug-likeness (QED) is 0.541. The zero-order valence-electron chi connectivity index (χ0n) is 8.69. The summed E-state index contributed by atoms with van der Waals surface area (Å²) < 4.78 is 21.8. The molecule has 0 aromatic carbocycles. The SMILES string of the molecule is COP(=O)(OC)C1CCCCC(=O)C1. The molecule has 5 heteroatoms. The fraction of sp³-hybridized carbons (Fsp3) is 0.889. The van der Waals surface area contributed by atoms with Gasteiger partial charge >= 0.3 is 7.60 Å². The molecule has 0 amide bonds. The van der Waals surface area contributed by atoms with E-state index in [0.29, 0.717) is 12.8 Å². The van der Waals surface area contributed by atoms with Crippen molar-refractivity contribution in [3.63, 3.8) is 0 Å². The Morgan fingerprint density at radius 3 is 2.50 bits per heavy atom. The molecule has 82 valence electrons. The van der Waals surface area contributed by atoms with Gasteiger partial charge in [-0.1, -0.05) is 6.42 Å². The molecule has 14 heavy (non-hydrogen) atoms. The molecule has 1 atom stereocenters. The number of rotatable bonds is 3. The Balaban J connectivity index is 2.73. The third-order valence-electron chi connectivity index (χ3n) is 2.66. The maximum Gasteiger partial charge on any atom is 0.333 e. The Bertz CT molecular complexity index is 243. The molecule has 0 spiro atoms. The normalized spacial score (nSPS) is 24.7. The summed E-state index contributed by atoms with van der Waals surface area (Å²) in [6, 6.07) is 0. The molecule has 0 bridgehead atoms. The first-order chi connectivity index (χ1) is 6.62. The molecule has 1 rings (SSSR count). The van der Waals surface area contributed by atoms with E-state index in [4.69, 9.17) is 9.05 Å². The van der Waals surface area contributed by atoms with Gasteiger partial charge in [-0.25, -0.2) is 0 Å². The minimum Gasteiger partial charge on any atom is -0.312 e. The lowest BCUT2D eigenvalue weighted by Crippen LogP contribution is -2.13.